The van der Waals surface area contributed by atoms with Crippen LogP contribution in [0.15, 0.2) is 322 Å². The number of fused-ring (bicyclic) bond motifs is 27. The molecule has 14 aromatic carbocycles. The summed E-state index contributed by atoms with van der Waals surface area (Å²) in [5, 5.41) is 4.67. The first-order valence-corrected chi connectivity index (χ1v) is 32.7. The lowest BCUT2D eigenvalue weighted by Crippen LogP contribution is -2.32. The van der Waals surface area contributed by atoms with Gasteiger partial charge in [-0.25, -0.2) is 4.98 Å². The molecular formula is C90H53N3O2. The molecule has 2 unspecified atom stereocenters. The highest BCUT2D eigenvalue weighted by atomic mass is 16.5. The molecule has 3 aromatic heterocycles. The number of benzene rings is 14. The van der Waals surface area contributed by atoms with Gasteiger partial charge in [-0.1, -0.05) is 273 Å². The smallest absolute Gasteiger partial charge is 0.146 e. The van der Waals surface area contributed by atoms with Gasteiger partial charge in [-0.3, -0.25) is 9.38 Å². The molecule has 0 amide bonds. The van der Waals surface area contributed by atoms with E-state index < -0.39 is 10.8 Å². The molecule has 5 heteroatoms. The number of hydrogen-bond donors (Lipinski definition) is 0. The molecule has 17 aromatic rings. The van der Waals surface area contributed by atoms with Crippen molar-refractivity contribution >= 4 is 49.3 Å². The van der Waals surface area contributed by atoms with Crippen LogP contribution >= 0.6 is 0 Å². The van der Waals surface area contributed by atoms with Crippen molar-refractivity contribution in [3.05, 3.63) is 366 Å². The Bertz CT molecular complexity index is 6170. The van der Waals surface area contributed by atoms with Crippen LogP contribution in [-0.2, 0) is 10.8 Å². The number of pyridine rings is 2. The minimum absolute atomic E-state index is 0.703. The summed E-state index contributed by atoms with van der Waals surface area (Å²) in [5.74, 6) is 3.44. The number of para-hydroxylation sites is 7. The van der Waals surface area contributed by atoms with E-state index in [0.29, 0.717) is 0 Å². The van der Waals surface area contributed by atoms with Crippen molar-refractivity contribution in [3.8, 4) is 101 Å². The van der Waals surface area contributed by atoms with Gasteiger partial charge in [-0.2, -0.15) is 0 Å². The Labute approximate surface area is 547 Å². The maximum absolute atomic E-state index is 7.33. The van der Waals surface area contributed by atoms with Gasteiger partial charge >= 0.3 is 0 Å². The maximum atomic E-state index is 7.33. The van der Waals surface area contributed by atoms with Gasteiger partial charge in [0, 0.05) is 61.3 Å². The number of rotatable bonds is 5. The van der Waals surface area contributed by atoms with Crippen LogP contribution in [0.4, 0.5) is 0 Å². The summed E-state index contributed by atoms with van der Waals surface area (Å²) in [6.07, 6.45) is 1.87. The Morgan fingerprint density at radius 3 is 1.51 bits per heavy atom. The van der Waals surface area contributed by atoms with Crippen molar-refractivity contribution in [3.63, 3.8) is 0 Å². The quantitative estimate of drug-likeness (QED) is 0.161. The average Bonchev–Trinajstić information content (AvgIpc) is 1.57. The monoisotopic (exact) mass is 1210 g/mol. The molecule has 95 heavy (non-hydrogen) atoms. The molecule has 5 nitrogen and oxygen atoms in total. The van der Waals surface area contributed by atoms with Crippen LogP contribution in [0.1, 0.15) is 44.5 Å². The van der Waals surface area contributed by atoms with Crippen LogP contribution in [0.2, 0.25) is 0 Å². The SMILES string of the molecule is c1ccc2c(c1)Oc1c(-c3ccc(-c4ccc5c6ccccc6c6nc7ccccc7n6c5c4)cc3)cccc1C21c2ccccc2-c2ccc(-c3cccc4c3-c3ccccc3C43c4ccccc4Oc4c(-c5ccc(-c6cccc7cccnc67)cc5)cccc43)cc21. The molecular weight excluding hydrogens is 1160 g/mol. The van der Waals surface area contributed by atoms with Crippen LogP contribution in [0, 0.1) is 0 Å². The summed E-state index contributed by atoms with van der Waals surface area (Å²) in [6, 6.07) is 116. The highest BCUT2D eigenvalue weighted by Crippen LogP contribution is 2.67. The normalized spacial score (nSPS) is 15.8. The lowest BCUT2D eigenvalue weighted by Gasteiger charge is -2.40. The fraction of sp³-hybridized carbons (Fsp3) is 0.0222. The molecule has 5 heterocycles. The Hall–Kier alpha value is -12.4. The molecule has 2 atom stereocenters. The topological polar surface area (TPSA) is 48.7 Å². The van der Waals surface area contributed by atoms with Gasteiger partial charge in [0.1, 0.15) is 28.6 Å². The zero-order valence-electron chi connectivity index (χ0n) is 51.3. The largest absolute Gasteiger partial charge is 0.456 e. The molecule has 0 bridgehead atoms. The van der Waals surface area contributed by atoms with E-state index in [4.69, 9.17) is 19.4 Å². The zero-order valence-corrected chi connectivity index (χ0v) is 51.3. The van der Waals surface area contributed by atoms with Crippen LogP contribution in [0.25, 0.3) is 127 Å². The molecule has 21 rings (SSSR count). The van der Waals surface area contributed by atoms with Crippen molar-refractivity contribution in [1.29, 1.82) is 0 Å². The number of ether oxygens (including phenoxy) is 2. The molecule has 4 aliphatic rings. The second kappa shape index (κ2) is 19.5. The van der Waals surface area contributed by atoms with E-state index >= 15 is 0 Å². The number of aromatic nitrogens is 3. The van der Waals surface area contributed by atoms with Gasteiger partial charge in [0.05, 0.1) is 32.9 Å². The van der Waals surface area contributed by atoms with Crippen LogP contribution < -0.4 is 9.47 Å². The zero-order chi connectivity index (χ0) is 62.1. The van der Waals surface area contributed by atoms with Crippen molar-refractivity contribution in [1.82, 2.24) is 14.4 Å². The van der Waals surface area contributed by atoms with Crippen LogP contribution in [0.5, 0.6) is 23.0 Å². The first kappa shape index (κ1) is 52.2. The van der Waals surface area contributed by atoms with Crippen molar-refractivity contribution < 1.29 is 9.47 Å². The highest BCUT2D eigenvalue weighted by molar-refractivity contribution is 6.14. The van der Waals surface area contributed by atoms with E-state index in [9.17, 15) is 0 Å². The second-order valence-corrected chi connectivity index (χ2v) is 25.7. The molecule has 0 saturated carbocycles. The molecule has 0 saturated heterocycles. The van der Waals surface area contributed by atoms with E-state index in [-0.39, 0.29) is 0 Å². The predicted molar refractivity (Wildman–Crippen MR) is 385 cm³/mol. The fourth-order valence-electron chi connectivity index (χ4n) is 17.3. The number of hydrogen-bond acceptors (Lipinski definition) is 4. The summed E-state index contributed by atoms with van der Waals surface area (Å²) in [7, 11) is 0. The van der Waals surface area contributed by atoms with E-state index in [1.165, 1.54) is 60.8 Å². The maximum Gasteiger partial charge on any atom is 0.146 e. The molecule has 0 fully saturated rings. The van der Waals surface area contributed by atoms with Gasteiger partial charge in [0.2, 0.25) is 0 Å². The van der Waals surface area contributed by atoms with Gasteiger partial charge in [-0.05, 0) is 131 Å². The van der Waals surface area contributed by atoms with Crippen LogP contribution in [0.3, 0.4) is 0 Å². The molecule has 0 radical (unpaired) electrons. The van der Waals surface area contributed by atoms with Gasteiger partial charge in [0.25, 0.3) is 0 Å². The van der Waals surface area contributed by atoms with E-state index in [2.05, 4.69) is 314 Å². The summed E-state index contributed by atoms with van der Waals surface area (Å²) in [4.78, 5) is 9.97. The Morgan fingerprint density at radius 1 is 0.284 bits per heavy atom. The highest BCUT2D eigenvalue weighted by Gasteiger charge is 2.54. The molecule has 2 spiro atoms. The second-order valence-electron chi connectivity index (χ2n) is 25.7. The lowest BCUT2D eigenvalue weighted by molar-refractivity contribution is 0.438. The molecule has 0 N–H and O–H groups in total. The van der Waals surface area contributed by atoms with E-state index in [1.807, 2.05) is 12.3 Å². The lowest BCUT2D eigenvalue weighted by atomic mass is 9.65. The minimum atomic E-state index is -0.726. The fourth-order valence-corrected chi connectivity index (χ4v) is 17.3. The Balaban J connectivity index is 0.714. The van der Waals surface area contributed by atoms with Gasteiger partial charge < -0.3 is 9.47 Å². The van der Waals surface area contributed by atoms with Gasteiger partial charge in [-0.15, -0.1) is 0 Å². The van der Waals surface area contributed by atoms with Crippen molar-refractivity contribution in [2.75, 3.05) is 0 Å². The molecule has 2 aliphatic carbocycles. The minimum Gasteiger partial charge on any atom is -0.456 e. The molecule has 440 valence electrons. The average molecular weight is 1210 g/mol. The summed E-state index contributed by atoms with van der Waals surface area (Å²) in [5.41, 5.74) is 29.2. The van der Waals surface area contributed by atoms with Crippen molar-refractivity contribution in [2.24, 2.45) is 0 Å². The third kappa shape index (κ3) is 7.05. The first-order chi connectivity index (χ1) is 47.1. The van der Waals surface area contributed by atoms with Crippen molar-refractivity contribution in [2.45, 2.75) is 10.8 Å². The standard InChI is InChI=1S/C90H53N3O2/c1-2-22-69-65(20-1)68-50-47-59(53-81(68)93-80-36-10-9-35-79(80)92-88(69)93)54-39-41-56(42-40-54)63-27-16-34-77-87(63)95-83-38-12-8-31-74(83)90(77)71-28-5-3-21-66(71)67-49-48-60(52-78(67)90)61-24-14-32-75-84(61)70-23-4-6-29-72(70)89(75)73-30-7-11-37-82(73)94-86-64(26-15-33-76(86)89)57-45-43-55(44-46-57)62-25-13-18-58-19-17-51-91-85(58)62/h1-53H. The summed E-state index contributed by atoms with van der Waals surface area (Å²) in [6.45, 7) is 0. The Kier molecular flexibility index (Phi) is 10.7. The third-order valence-electron chi connectivity index (χ3n) is 21.2. The van der Waals surface area contributed by atoms with Crippen LogP contribution in [-0.4, -0.2) is 14.4 Å². The predicted octanol–water partition coefficient (Wildman–Crippen LogP) is 22.6. The first-order valence-electron chi connectivity index (χ1n) is 32.7. The van der Waals surface area contributed by atoms with E-state index in [1.54, 1.807) is 0 Å². The Morgan fingerprint density at radius 2 is 0.779 bits per heavy atom. The number of nitrogens with zero attached hydrogens (tertiary/aromatic N) is 3. The number of imidazole rings is 1. The summed E-state index contributed by atoms with van der Waals surface area (Å²) < 4.78 is 16.9. The molecule has 2 aliphatic heterocycles. The van der Waals surface area contributed by atoms with Gasteiger partial charge in [0.15, 0.2) is 0 Å². The van der Waals surface area contributed by atoms with E-state index in [0.717, 1.165) is 134 Å². The third-order valence-corrected chi connectivity index (χ3v) is 21.2. The summed E-state index contributed by atoms with van der Waals surface area (Å²) >= 11 is 0.